The van der Waals surface area contributed by atoms with Crippen LogP contribution < -0.4 is 10.5 Å². The van der Waals surface area contributed by atoms with Crippen molar-refractivity contribution in [3.05, 3.63) is 82.9 Å². The molecule has 3 aromatic rings. The zero-order valence-corrected chi connectivity index (χ0v) is 13.8. The van der Waals surface area contributed by atoms with Crippen LogP contribution in [-0.4, -0.2) is 10.9 Å². The highest BCUT2D eigenvalue weighted by Crippen LogP contribution is 2.30. The van der Waals surface area contributed by atoms with E-state index in [1.807, 2.05) is 6.07 Å². The van der Waals surface area contributed by atoms with Gasteiger partial charge in [-0.25, -0.2) is 9.37 Å². The van der Waals surface area contributed by atoms with Gasteiger partial charge in [-0.15, -0.1) is 0 Å². The summed E-state index contributed by atoms with van der Waals surface area (Å²) < 4.78 is 18.9. The second-order valence-corrected chi connectivity index (χ2v) is 5.77. The van der Waals surface area contributed by atoms with Crippen LogP contribution in [0.1, 0.15) is 16.1 Å². The molecule has 0 aliphatic carbocycles. The van der Waals surface area contributed by atoms with Gasteiger partial charge in [0.2, 0.25) is 0 Å². The van der Waals surface area contributed by atoms with Crippen molar-refractivity contribution in [2.75, 3.05) is 0 Å². The molecule has 0 bridgehead atoms. The van der Waals surface area contributed by atoms with E-state index in [0.29, 0.717) is 16.3 Å². The quantitative estimate of drug-likeness (QED) is 0.744. The molecule has 0 saturated heterocycles. The van der Waals surface area contributed by atoms with Crippen molar-refractivity contribution in [3.63, 3.8) is 0 Å². The lowest BCUT2D eigenvalue weighted by atomic mass is 10.1. The monoisotopic (exact) mass is 356 g/mol. The summed E-state index contributed by atoms with van der Waals surface area (Å²) in [5.41, 5.74) is 7.50. The van der Waals surface area contributed by atoms with Crippen molar-refractivity contribution in [1.82, 2.24) is 4.98 Å². The van der Waals surface area contributed by atoms with Gasteiger partial charge in [-0.2, -0.15) is 0 Å². The van der Waals surface area contributed by atoms with E-state index in [0.717, 1.165) is 11.1 Å². The first-order valence-electron chi connectivity index (χ1n) is 7.46. The molecule has 25 heavy (non-hydrogen) atoms. The van der Waals surface area contributed by atoms with Gasteiger partial charge in [0.1, 0.15) is 23.9 Å². The SMILES string of the molecule is NC(=O)c1cc(-c2cccc(OCc3cccc(F)c3)c2)c(Cl)cn1. The number of benzene rings is 2. The maximum absolute atomic E-state index is 13.2. The first kappa shape index (κ1) is 16.9. The molecule has 0 aliphatic rings. The minimum absolute atomic E-state index is 0.130. The van der Waals surface area contributed by atoms with Crippen molar-refractivity contribution in [3.8, 4) is 16.9 Å². The van der Waals surface area contributed by atoms with Crippen LogP contribution in [0.15, 0.2) is 60.8 Å². The number of pyridine rings is 1. The summed E-state index contributed by atoms with van der Waals surface area (Å²) in [4.78, 5) is 15.2. The largest absolute Gasteiger partial charge is 0.489 e. The van der Waals surface area contributed by atoms with Crippen molar-refractivity contribution in [1.29, 1.82) is 0 Å². The molecule has 6 heteroatoms. The normalized spacial score (nSPS) is 10.5. The number of aromatic nitrogens is 1. The minimum Gasteiger partial charge on any atom is -0.489 e. The predicted octanol–water partition coefficient (Wildman–Crippen LogP) is 4.22. The Morgan fingerprint density at radius 3 is 2.72 bits per heavy atom. The molecule has 126 valence electrons. The van der Waals surface area contributed by atoms with Crippen molar-refractivity contribution in [2.24, 2.45) is 5.73 Å². The minimum atomic E-state index is -0.628. The van der Waals surface area contributed by atoms with Crippen LogP contribution in [0.2, 0.25) is 5.02 Å². The van der Waals surface area contributed by atoms with Gasteiger partial charge >= 0.3 is 0 Å². The molecule has 2 aromatic carbocycles. The van der Waals surface area contributed by atoms with E-state index in [9.17, 15) is 9.18 Å². The summed E-state index contributed by atoms with van der Waals surface area (Å²) in [5.74, 6) is -0.343. The summed E-state index contributed by atoms with van der Waals surface area (Å²) in [5, 5.41) is 0.396. The van der Waals surface area contributed by atoms with Gasteiger partial charge < -0.3 is 10.5 Å². The van der Waals surface area contributed by atoms with E-state index in [4.69, 9.17) is 22.1 Å². The van der Waals surface area contributed by atoms with Crippen LogP contribution in [0.25, 0.3) is 11.1 Å². The van der Waals surface area contributed by atoms with Crippen molar-refractivity contribution < 1.29 is 13.9 Å². The van der Waals surface area contributed by atoms with E-state index >= 15 is 0 Å². The van der Waals surface area contributed by atoms with Crippen LogP contribution in [0.3, 0.4) is 0 Å². The summed E-state index contributed by atoms with van der Waals surface area (Å²) in [6.45, 7) is 0.234. The van der Waals surface area contributed by atoms with Gasteiger partial charge in [-0.1, -0.05) is 35.9 Å². The molecule has 0 atom stereocenters. The molecular weight excluding hydrogens is 343 g/mol. The van der Waals surface area contributed by atoms with Crippen LogP contribution in [0, 0.1) is 5.82 Å². The molecule has 0 unspecified atom stereocenters. The number of amides is 1. The lowest BCUT2D eigenvalue weighted by Crippen LogP contribution is -2.12. The van der Waals surface area contributed by atoms with Gasteiger partial charge in [0.05, 0.1) is 5.02 Å². The number of hydrogen-bond donors (Lipinski definition) is 1. The van der Waals surface area contributed by atoms with Crippen LogP contribution >= 0.6 is 11.6 Å². The van der Waals surface area contributed by atoms with Gasteiger partial charge in [0.15, 0.2) is 0 Å². The number of ether oxygens (including phenoxy) is 1. The number of nitrogens with zero attached hydrogens (tertiary/aromatic N) is 1. The first-order valence-corrected chi connectivity index (χ1v) is 7.84. The fourth-order valence-electron chi connectivity index (χ4n) is 2.34. The zero-order valence-electron chi connectivity index (χ0n) is 13.1. The number of nitrogens with two attached hydrogens (primary N) is 1. The molecule has 0 aliphatic heterocycles. The van der Waals surface area contributed by atoms with Crippen LogP contribution in [0.5, 0.6) is 5.75 Å². The first-order chi connectivity index (χ1) is 12.0. The van der Waals surface area contributed by atoms with Gasteiger partial charge in [0, 0.05) is 11.8 Å². The molecule has 4 nitrogen and oxygen atoms in total. The number of carbonyl (C=O) groups excluding carboxylic acids is 1. The summed E-state index contributed by atoms with van der Waals surface area (Å²) >= 11 is 6.18. The Hall–Kier alpha value is -2.92. The number of rotatable bonds is 5. The molecule has 2 N–H and O–H groups in total. The number of halogens is 2. The van der Waals surface area contributed by atoms with Crippen molar-refractivity contribution >= 4 is 17.5 Å². The molecule has 3 rings (SSSR count). The lowest BCUT2D eigenvalue weighted by Gasteiger charge is -2.10. The van der Waals surface area contributed by atoms with E-state index in [2.05, 4.69) is 4.98 Å². The topological polar surface area (TPSA) is 65.2 Å². The molecular formula is C19H14ClFN2O2. The summed E-state index contributed by atoms with van der Waals surface area (Å²) in [6, 6.07) is 15.0. The molecule has 1 amide bonds. The van der Waals surface area contributed by atoms with Gasteiger partial charge in [-0.05, 0) is 41.5 Å². The molecule has 1 aromatic heterocycles. The predicted molar refractivity (Wildman–Crippen MR) is 93.9 cm³/mol. The van der Waals surface area contributed by atoms with E-state index in [1.54, 1.807) is 30.3 Å². The van der Waals surface area contributed by atoms with Crippen LogP contribution in [-0.2, 0) is 6.61 Å². The average molecular weight is 357 g/mol. The van der Waals surface area contributed by atoms with E-state index in [-0.39, 0.29) is 18.1 Å². The third kappa shape index (κ3) is 4.14. The Labute approximate surface area is 149 Å². The summed E-state index contributed by atoms with van der Waals surface area (Å²) in [7, 11) is 0. The fraction of sp³-hybridized carbons (Fsp3) is 0.0526. The lowest BCUT2D eigenvalue weighted by molar-refractivity contribution is 0.0995. The van der Waals surface area contributed by atoms with Crippen molar-refractivity contribution in [2.45, 2.75) is 6.61 Å². The Morgan fingerprint density at radius 2 is 1.96 bits per heavy atom. The standard InChI is InChI=1S/C19H14ClFN2O2/c20-17-10-23-18(19(22)24)9-16(17)13-4-2-6-15(8-13)25-11-12-3-1-5-14(21)7-12/h1-10H,11H2,(H2,22,24). The highest BCUT2D eigenvalue weighted by atomic mass is 35.5. The number of primary amides is 1. The van der Waals surface area contributed by atoms with Gasteiger partial charge in [-0.3, -0.25) is 4.79 Å². The highest BCUT2D eigenvalue weighted by molar-refractivity contribution is 6.33. The Balaban J connectivity index is 1.84. The summed E-state index contributed by atoms with van der Waals surface area (Å²) in [6.07, 6.45) is 1.39. The highest BCUT2D eigenvalue weighted by Gasteiger charge is 2.10. The Kier molecular flexibility index (Phi) is 4.95. The maximum Gasteiger partial charge on any atom is 0.267 e. The Bertz CT molecular complexity index is 931. The average Bonchev–Trinajstić information content (AvgIpc) is 2.60. The second-order valence-electron chi connectivity index (χ2n) is 5.36. The molecule has 1 heterocycles. The number of hydrogen-bond acceptors (Lipinski definition) is 3. The molecule has 0 spiro atoms. The molecule has 0 fully saturated rings. The Morgan fingerprint density at radius 1 is 1.16 bits per heavy atom. The van der Waals surface area contributed by atoms with Gasteiger partial charge in [0.25, 0.3) is 5.91 Å². The third-order valence-electron chi connectivity index (χ3n) is 3.55. The smallest absolute Gasteiger partial charge is 0.267 e. The number of carbonyl (C=O) groups is 1. The van der Waals surface area contributed by atoms with Crippen LogP contribution in [0.4, 0.5) is 4.39 Å². The zero-order chi connectivity index (χ0) is 17.8. The fourth-order valence-corrected chi connectivity index (χ4v) is 2.55. The third-order valence-corrected chi connectivity index (χ3v) is 3.85. The maximum atomic E-state index is 13.2. The van der Waals surface area contributed by atoms with E-state index in [1.165, 1.54) is 24.4 Å². The van der Waals surface area contributed by atoms with E-state index < -0.39 is 5.91 Å². The second kappa shape index (κ2) is 7.32. The molecule has 0 radical (unpaired) electrons. The molecule has 0 saturated carbocycles.